The lowest BCUT2D eigenvalue weighted by atomic mass is 10.00. The van der Waals surface area contributed by atoms with Gasteiger partial charge in [0.25, 0.3) is 0 Å². The number of carbonyl (C=O) groups excluding carboxylic acids is 1. The van der Waals surface area contributed by atoms with Crippen LogP contribution in [0.2, 0.25) is 5.02 Å². The molecule has 2 rings (SSSR count). The summed E-state index contributed by atoms with van der Waals surface area (Å²) in [7, 11) is 0. The zero-order valence-electron chi connectivity index (χ0n) is 11.3. The first-order chi connectivity index (χ1) is 8.78. The van der Waals surface area contributed by atoms with Gasteiger partial charge in [-0.2, -0.15) is 0 Å². The van der Waals surface area contributed by atoms with Crippen LogP contribution in [-0.2, 0) is 17.7 Å². The number of amides is 1. The Labute approximate surface area is 127 Å². The van der Waals surface area contributed by atoms with Gasteiger partial charge in [0.2, 0.25) is 0 Å². The molecule has 0 saturated heterocycles. The van der Waals surface area contributed by atoms with Crippen LogP contribution >= 0.6 is 27.5 Å². The van der Waals surface area contributed by atoms with Crippen molar-refractivity contribution in [1.29, 1.82) is 0 Å². The average Bonchev–Trinajstić information content (AvgIpc) is 2.31. The maximum Gasteiger partial charge on any atom is 0.410 e. The van der Waals surface area contributed by atoms with Gasteiger partial charge in [0.15, 0.2) is 0 Å². The fraction of sp³-hybridized carbons (Fsp3) is 0.500. The monoisotopic (exact) mass is 345 g/mol. The second-order valence-corrected chi connectivity index (χ2v) is 6.90. The molecule has 1 aliphatic heterocycles. The van der Waals surface area contributed by atoms with Gasteiger partial charge in [-0.05, 0) is 50.5 Å². The molecule has 0 spiro atoms. The van der Waals surface area contributed by atoms with Crippen molar-refractivity contribution in [2.24, 2.45) is 0 Å². The van der Waals surface area contributed by atoms with Crippen LogP contribution in [-0.4, -0.2) is 23.1 Å². The van der Waals surface area contributed by atoms with Gasteiger partial charge in [-0.15, -0.1) is 0 Å². The number of fused-ring (bicyclic) bond motifs is 1. The summed E-state index contributed by atoms with van der Waals surface area (Å²) >= 11 is 9.71. The Hall–Kier alpha value is -0.740. The molecule has 1 aromatic carbocycles. The average molecular weight is 347 g/mol. The van der Waals surface area contributed by atoms with Crippen molar-refractivity contribution >= 4 is 33.6 Å². The summed E-state index contributed by atoms with van der Waals surface area (Å²) < 4.78 is 6.39. The van der Waals surface area contributed by atoms with Crippen molar-refractivity contribution in [3.63, 3.8) is 0 Å². The van der Waals surface area contributed by atoms with E-state index in [1.165, 1.54) is 0 Å². The summed E-state index contributed by atoms with van der Waals surface area (Å²) in [5.41, 5.74) is 1.73. The third-order valence-electron chi connectivity index (χ3n) is 2.95. The van der Waals surface area contributed by atoms with E-state index in [1.54, 1.807) is 4.90 Å². The molecule has 5 heteroatoms. The predicted octanol–water partition coefficient (Wildman–Crippen LogP) is 4.40. The Morgan fingerprint density at radius 3 is 2.68 bits per heavy atom. The van der Waals surface area contributed by atoms with Crippen LogP contribution < -0.4 is 0 Å². The molecule has 0 aliphatic carbocycles. The number of nitrogens with zero attached hydrogens (tertiary/aromatic N) is 1. The lowest BCUT2D eigenvalue weighted by Gasteiger charge is -2.32. The zero-order chi connectivity index (χ0) is 14.2. The molecule has 0 aromatic heterocycles. The summed E-state index contributed by atoms with van der Waals surface area (Å²) in [5, 5.41) is 0.766. The summed E-state index contributed by atoms with van der Waals surface area (Å²) in [4.78, 5) is 13.8. The second kappa shape index (κ2) is 5.33. The normalized spacial score (nSPS) is 15.1. The van der Waals surface area contributed by atoms with Crippen LogP contribution in [0.1, 0.15) is 31.9 Å². The molecule has 1 aliphatic rings. The van der Waals surface area contributed by atoms with Crippen molar-refractivity contribution in [2.45, 2.75) is 39.3 Å². The van der Waals surface area contributed by atoms with Crippen LogP contribution in [0, 0.1) is 0 Å². The molecule has 0 bridgehead atoms. The van der Waals surface area contributed by atoms with Gasteiger partial charge in [0, 0.05) is 16.0 Å². The smallest absolute Gasteiger partial charge is 0.410 e. The predicted molar refractivity (Wildman–Crippen MR) is 79.5 cm³/mol. The number of halogens is 2. The molecule has 1 amide bonds. The van der Waals surface area contributed by atoms with E-state index in [9.17, 15) is 4.79 Å². The van der Waals surface area contributed by atoms with E-state index < -0.39 is 5.60 Å². The lowest BCUT2D eigenvalue weighted by molar-refractivity contribution is 0.0223. The summed E-state index contributed by atoms with van der Waals surface area (Å²) in [6, 6.07) is 3.80. The Morgan fingerprint density at radius 1 is 1.37 bits per heavy atom. The van der Waals surface area contributed by atoms with Gasteiger partial charge in [-0.3, -0.25) is 0 Å². The van der Waals surface area contributed by atoms with Gasteiger partial charge < -0.3 is 9.64 Å². The SMILES string of the molecule is CC(C)(C)OC(=O)N1CCc2c(Cl)ccc(Br)c2C1. The van der Waals surface area contributed by atoms with Crippen LogP contribution in [0.3, 0.4) is 0 Å². The Kier molecular flexibility index (Phi) is 4.11. The molecular formula is C14H17BrClNO2. The van der Waals surface area contributed by atoms with Crippen LogP contribution in [0.5, 0.6) is 0 Å². The highest BCUT2D eigenvalue weighted by atomic mass is 79.9. The van der Waals surface area contributed by atoms with Crippen molar-refractivity contribution in [1.82, 2.24) is 4.90 Å². The van der Waals surface area contributed by atoms with Crippen LogP contribution in [0.25, 0.3) is 0 Å². The first-order valence-corrected chi connectivity index (χ1v) is 7.39. The number of hydrogen-bond donors (Lipinski definition) is 0. The third-order valence-corrected chi connectivity index (χ3v) is 4.05. The molecular weight excluding hydrogens is 330 g/mol. The Bertz CT molecular complexity index is 511. The molecule has 0 unspecified atom stereocenters. The number of hydrogen-bond acceptors (Lipinski definition) is 2. The van der Waals surface area contributed by atoms with Gasteiger partial charge >= 0.3 is 6.09 Å². The summed E-state index contributed by atoms with van der Waals surface area (Å²) in [5.74, 6) is 0. The van der Waals surface area contributed by atoms with Crippen LogP contribution in [0.15, 0.2) is 16.6 Å². The van der Waals surface area contributed by atoms with Crippen molar-refractivity contribution in [3.05, 3.63) is 32.8 Å². The molecule has 0 N–H and O–H groups in total. The second-order valence-electron chi connectivity index (χ2n) is 5.64. The first-order valence-electron chi connectivity index (χ1n) is 6.21. The maximum atomic E-state index is 12.1. The zero-order valence-corrected chi connectivity index (χ0v) is 13.6. The highest BCUT2D eigenvalue weighted by Gasteiger charge is 2.27. The fourth-order valence-electron chi connectivity index (χ4n) is 2.08. The summed E-state index contributed by atoms with van der Waals surface area (Å²) in [6.07, 6.45) is 0.484. The minimum Gasteiger partial charge on any atom is -0.444 e. The molecule has 0 saturated carbocycles. The van der Waals surface area contributed by atoms with Crippen LogP contribution in [0.4, 0.5) is 4.79 Å². The third kappa shape index (κ3) is 3.42. The van der Waals surface area contributed by atoms with Gasteiger partial charge in [0.05, 0.1) is 6.54 Å². The lowest BCUT2D eigenvalue weighted by Crippen LogP contribution is -2.40. The molecule has 19 heavy (non-hydrogen) atoms. The van der Waals surface area contributed by atoms with Gasteiger partial charge in [-0.1, -0.05) is 27.5 Å². The van der Waals surface area contributed by atoms with E-state index in [0.29, 0.717) is 13.1 Å². The Morgan fingerprint density at radius 2 is 2.05 bits per heavy atom. The van der Waals surface area contributed by atoms with Crippen molar-refractivity contribution in [2.75, 3.05) is 6.54 Å². The minimum absolute atomic E-state index is 0.273. The topological polar surface area (TPSA) is 29.5 Å². The van der Waals surface area contributed by atoms with E-state index in [-0.39, 0.29) is 6.09 Å². The number of benzene rings is 1. The largest absolute Gasteiger partial charge is 0.444 e. The highest BCUT2D eigenvalue weighted by molar-refractivity contribution is 9.10. The van der Waals surface area contributed by atoms with Gasteiger partial charge in [-0.25, -0.2) is 4.79 Å². The van der Waals surface area contributed by atoms with E-state index in [4.69, 9.17) is 16.3 Å². The minimum atomic E-state index is -0.469. The fourth-order valence-corrected chi connectivity index (χ4v) is 2.84. The van der Waals surface area contributed by atoms with E-state index in [2.05, 4.69) is 15.9 Å². The van der Waals surface area contributed by atoms with Crippen molar-refractivity contribution in [3.8, 4) is 0 Å². The first kappa shape index (κ1) is 14.7. The molecule has 3 nitrogen and oxygen atoms in total. The highest BCUT2D eigenvalue weighted by Crippen LogP contribution is 2.32. The van der Waals surface area contributed by atoms with E-state index >= 15 is 0 Å². The molecule has 1 aromatic rings. The Balaban J connectivity index is 2.18. The van der Waals surface area contributed by atoms with Gasteiger partial charge in [0.1, 0.15) is 5.60 Å². The summed E-state index contributed by atoms with van der Waals surface area (Å²) in [6.45, 7) is 6.78. The quantitative estimate of drug-likeness (QED) is 0.697. The standard InChI is InChI=1S/C14H17BrClNO2/c1-14(2,3)19-13(18)17-7-6-9-10(8-17)11(15)4-5-12(9)16/h4-5H,6-8H2,1-3H3. The number of carbonyl (C=O) groups is 1. The molecule has 0 radical (unpaired) electrons. The maximum absolute atomic E-state index is 12.1. The van der Waals surface area contributed by atoms with Crippen molar-refractivity contribution < 1.29 is 9.53 Å². The number of rotatable bonds is 0. The number of ether oxygens (including phenoxy) is 1. The molecule has 1 heterocycles. The molecule has 0 fully saturated rings. The molecule has 104 valence electrons. The molecule has 0 atom stereocenters. The van der Waals surface area contributed by atoms with E-state index in [0.717, 1.165) is 27.0 Å². The van der Waals surface area contributed by atoms with E-state index in [1.807, 2.05) is 32.9 Å².